The third-order valence-electron chi connectivity index (χ3n) is 3.00. The monoisotopic (exact) mass is 295 g/mol. The van der Waals surface area contributed by atoms with E-state index >= 15 is 0 Å². The van der Waals surface area contributed by atoms with Gasteiger partial charge in [-0.15, -0.1) is 4.28 Å². The molecular weight excluding hydrogens is 282 g/mol. The maximum absolute atomic E-state index is 11.9. The fourth-order valence-electron chi connectivity index (χ4n) is 2.27. The van der Waals surface area contributed by atoms with Crippen LogP contribution >= 0.6 is 0 Å². The average molecular weight is 295 g/mol. The quantitative estimate of drug-likeness (QED) is 0.486. The highest BCUT2D eigenvalue weighted by atomic mass is 32.3. The van der Waals surface area contributed by atoms with Crippen molar-refractivity contribution in [3.05, 3.63) is 0 Å². The number of carbonyl (C=O) groups is 2. The van der Waals surface area contributed by atoms with Crippen molar-refractivity contribution < 1.29 is 31.7 Å². The van der Waals surface area contributed by atoms with Crippen LogP contribution in [0, 0.1) is 0 Å². The van der Waals surface area contributed by atoms with Crippen molar-refractivity contribution >= 4 is 22.3 Å². The second-order valence-corrected chi connectivity index (χ2v) is 5.18. The van der Waals surface area contributed by atoms with Crippen LogP contribution in [-0.4, -0.2) is 60.6 Å². The zero-order valence-corrected chi connectivity index (χ0v) is 10.8. The Kier molecular flexibility index (Phi) is 3.62. The van der Waals surface area contributed by atoms with Crippen LogP contribution in [0.1, 0.15) is 12.8 Å². The fraction of sp³-hybridized carbons (Fsp3) is 0.750. The van der Waals surface area contributed by atoms with Crippen LogP contribution in [-0.2, 0) is 24.3 Å². The lowest BCUT2D eigenvalue weighted by molar-refractivity contribution is -0.136. The van der Waals surface area contributed by atoms with Crippen LogP contribution in [0.5, 0.6) is 0 Å². The van der Waals surface area contributed by atoms with Gasteiger partial charge in [-0.3, -0.25) is 14.2 Å². The molecule has 1 unspecified atom stereocenters. The Morgan fingerprint density at radius 2 is 2.16 bits per heavy atom. The molecule has 0 aromatic rings. The predicted molar refractivity (Wildman–Crippen MR) is 58.5 cm³/mol. The molecule has 0 aromatic carbocycles. The third-order valence-corrected chi connectivity index (χ3v) is 3.35. The normalized spacial score (nSPS) is 26.7. The fourth-order valence-corrected chi connectivity index (χ4v) is 2.66. The molecule has 19 heavy (non-hydrogen) atoms. The topological polar surface area (TPSA) is 125 Å². The second kappa shape index (κ2) is 4.92. The summed E-state index contributed by atoms with van der Waals surface area (Å²) in [5.74, 6) is -0.497. The molecule has 0 aliphatic carbocycles. The van der Waals surface area contributed by atoms with E-state index in [-0.39, 0.29) is 6.54 Å². The largest absolute Gasteiger partial charge is 0.418 e. The standard InChI is InChI=1S/C8H13N3O7S/c1-17-9-7(12)6-3-2-5-4-10(6)8(13)11(5)18-19(14,15)16/h5-6H,2-4H2,1H3,(H,9,12)(H,14,15,16)/t5?,6-/m0/s1. The smallest absolute Gasteiger partial charge is 0.309 e. The summed E-state index contributed by atoms with van der Waals surface area (Å²) in [4.78, 5) is 29.2. The minimum Gasteiger partial charge on any atom is -0.309 e. The number of urea groups is 1. The van der Waals surface area contributed by atoms with Gasteiger partial charge in [0.15, 0.2) is 0 Å². The number of hydroxylamine groups is 3. The molecule has 2 rings (SSSR count). The minimum atomic E-state index is -4.77. The van der Waals surface area contributed by atoms with Gasteiger partial charge in [-0.05, 0) is 12.8 Å². The van der Waals surface area contributed by atoms with Gasteiger partial charge in [0.05, 0.1) is 13.2 Å². The SMILES string of the molecule is CONC(=O)[C@@H]1CCC2CN1C(=O)N2OS(=O)(=O)O. The summed E-state index contributed by atoms with van der Waals surface area (Å²) >= 11 is 0. The number of carbonyl (C=O) groups excluding carboxylic acids is 2. The van der Waals surface area contributed by atoms with E-state index in [2.05, 4.69) is 14.6 Å². The predicted octanol–water partition coefficient (Wildman–Crippen LogP) is -1.33. The Morgan fingerprint density at radius 1 is 1.47 bits per heavy atom. The van der Waals surface area contributed by atoms with E-state index in [1.807, 2.05) is 0 Å². The Balaban J connectivity index is 2.13. The molecule has 2 heterocycles. The number of hydrogen-bond acceptors (Lipinski definition) is 6. The second-order valence-electron chi connectivity index (χ2n) is 4.18. The number of nitrogens with one attached hydrogen (secondary N) is 1. The van der Waals surface area contributed by atoms with Crippen molar-refractivity contribution in [1.82, 2.24) is 15.4 Å². The lowest BCUT2D eigenvalue weighted by Gasteiger charge is -2.28. The average Bonchev–Trinajstić information content (AvgIpc) is 2.53. The summed E-state index contributed by atoms with van der Waals surface area (Å²) in [6.45, 7) is 0.149. The number of fused-ring (bicyclic) bond motifs is 2. The lowest BCUT2D eigenvalue weighted by atomic mass is 10.0. The molecule has 2 N–H and O–H groups in total. The van der Waals surface area contributed by atoms with Crippen molar-refractivity contribution in [2.24, 2.45) is 0 Å². The van der Waals surface area contributed by atoms with Gasteiger partial charge in [-0.2, -0.15) is 13.5 Å². The molecule has 2 atom stereocenters. The number of hydrogen-bond donors (Lipinski definition) is 2. The number of rotatable bonds is 4. The van der Waals surface area contributed by atoms with E-state index in [0.29, 0.717) is 17.9 Å². The summed E-state index contributed by atoms with van der Waals surface area (Å²) < 4.78 is 34.2. The molecule has 2 fully saturated rings. The van der Waals surface area contributed by atoms with E-state index in [4.69, 9.17) is 4.55 Å². The highest BCUT2D eigenvalue weighted by Crippen LogP contribution is 2.30. The molecule has 3 amide bonds. The Morgan fingerprint density at radius 3 is 2.74 bits per heavy atom. The number of nitrogens with zero attached hydrogens (tertiary/aromatic N) is 2. The molecule has 0 aromatic heterocycles. The molecule has 2 bridgehead atoms. The summed E-state index contributed by atoms with van der Waals surface area (Å²) in [5.41, 5.74) is 2.12. The van der Waals surface area contributed by atoms with Crippen LogP contribution in [0.2, 0.25) is 0 Å². The first-order chi connectivity index (χ1) is 8.83. The molecule has 2 saturated heterocycles. The van der Waals surface area contributed by atoms with Crippen LogP contribution in [0.25, 0.3) is 0 Å². The van der Waals surface area contributed by atoms with E-state index in [0.717, 1.165) is 0 Å². The summed E-state index contributed by atoms with van der Waals surface area (Å²) in [6, 6.07) is -2.05. The van der Waals surface area contributed by atoms with E-state index in [1.165, 1.54) is 12.0 Å². The summed E-state index contributed by atoms with van der Waals surface area (Å²) in [5, 5.41) is 0.579. The molecular formula is C8H13N3O7S. The maximum Gasteiger partial charge on any atom is 0.418 e. The van der Waals surface area contributed by atoms with E-state index in [1.54, 1.807) is 0 Å². The zero-order valence-electron chi connectivity index (χ0n) is 9.98. The first-order valence-corrected chi connectivity index (χ1v) is 6.79. The van der Waals surface area contributed by atoms with Gasteiger partial charge >= 0.3 is 16.4 Å². The Hall–Kier alpha value is -1.43. The first kappa shape index (κ1) is 14.0. The van der Waals surface area contributed by atoms with Crippen LogP contribution in [0.4, 0.5) is 4.79 Å². The molecule has 0 radical (unpaired) electrons. The molecule has 2 aliphatic rings. The van der Waals surface area contributed by atoms with E-state index in [9.17, 15) is 18.0 Å². The van der Waals surface area contributed by atoms with Gasteiger partial charge < -0.3 is 4.90 Å². The van der Waals surface area contributed by atoms with Crippen molar-refractivity contribution in [3.8, 4) is 0 Å². The van der Waals surface area contributed by atoms with Gasteiger partial charge in [0.2, 0.25) is 0 Å². The van der Waals surface area contributed by atoms with Crippen molar-refractivity contribution in [3.63, 3.8) is 0 Å². The molecule has 0 saturated carbocycles. The minimum absolute atomic E-state index is 0.149. The number of piperidine rings is 1. The lowest BCUT2D eigenvalue weighted by Crippen LogP contribution is -2.49. The van der Waals surface area contributed by atoms with Gasteiger partial charge in [0, 0.05) is 6.54 Å². The van der Waals surface area contributed by atoms with Crippen LogP contribution < -0.4 is 5.48 Å². The first-order valence-electron chi connectivity index (χ1n) is 5.43. The molecule has 10 nitrogen and oxygen atoms in total. The van der Waals surface area contributed by atoms with Crippen LogP contribution in [0.3, 0.4) is 0 Å². The Bertz CT molecular complexity index is 493. The summed E-state index contributed by atoms with van der Waals surface area (Å²) in [7, 11) is -3.51. The van der Waals surface area contributed by atoms with Gasteiger partial charge in [0.1, 0.15) is 6.04 Å². The highest BCUT2D eigenvalue weighted by Gasteiger charge is 2.49. The molecule has 2 aliphatic heterocycles. The zero-order chi connectivity index (χ0) is 14.2. The third kappa shape index (κ3) is 2.78. The summed E-state index contributed by atoms with van der Waals surface area (Å²) in [6.07, 6.45) is 0.719. The highest BCUT2D eigenvalue weighted by molar-refractivity contribution is 7.80. The van der Waals surface area contributed by atoms with E-state index < -0.39 is 34.4 Å². The number of amides is 3. The van der Waals surface area contributed by atoms with Crippen molar-refractivity contribution in [1.29, 1.82) is 0 Å². The molecule has 0 spiro atoms. The Labute approximate surface area is 109 Å². The van der Waals surface area contributed by atoms with Gasteiger partial charge in [0.25, 0.3) is 5.91 Å². The van der Waals surface area contributed by atoms with Crippen LogP contribution in [0.15, 0.2) is 0 Å². The maximum atomic E-state index is 11.9. The van der Waals surface area contributed by atoms with Gasteiger partial charge in [-0.25, -0.2) is 10.3 Å². The van der Waals surface area contributed by atoms with Gasteiger partial charge in [-0.1, -0.05) is 0 Å². The molecule has 108 valence electrons. The van der Waals surface area contributed by atoms with Crippen molar-refractivity contribution in [2.75, 3.05) is 13.7 Å². The molecule has 11 heteroatoms. The van der Waals surface area contributed by atoms with Crippen molar-refractivity contribution in [2.45, 2.75) is 24.9 Å².